The Balaban J connectivity index is 1.57. The van der Waals surface area contributed by atoms with Crippen LogP contribution >= 0.6 is 11.8 Å². The minimum atomic E-state index is -0.496. The summed E-state index contributed by atoms with van der Waals surface area (Å²) in [5, 5.41) is 15.9. The van der Waals surface area contributed by atoms with E-state index in [1.807, 2.05) is 12.1 Å². The molecule has 0 radical (unpaired) electrons. The van der Waals surface area contributed by atoms with Gasteiger partial charge in [0.25, 0.3) is 11.6 Å². The van der Waals surface area contributed by atoms with Crippen LogP contribution in [0.1, 0.15) is 17.3 Å². The second-order valence-electron chi connectivity index (χ2n) is 7.10. The molecule has 1 atom stereocenters. The van der Waals surface area contributed by atoms with Gasteiger partial charge in [0.1, 0.15) is 0 Å². The largest absolute Gasteiger partial charge is 0.493 e. The monoisotopic (exact) mass is 481 g/mol. The van der Waals surface area contributed by atoms with Crippen LogP contribution in [0.5, 0.6) is 11.5 Å². The summed E-state index contributed by atoms with van der Waals surface area (Å²) >= 11 is 1.35. The standard InChI is InChI=1S/C24H23N3O6S/c1-15(23(28)25-17-5-9-19(10-6-17)27(30)31)34-20-11-7-18(8-12-20)26-24(29)16-4-13-21(32-2)22(14-16)33-3/h4-15H,1-3H3,(H,25,28)(H,26,29). The van der Waals surface area contributed by atoms with Crippen LogP contribution in [0.25, 0.3) is 0 Å². The van der Waals surface area contributed by atoms with Crippen LogP contribution in [0.4, 0.5) is 17.1 Å². The van der Waals surface area contributed by atoms with Gasteiger partial charge in [-0.05, 0) is 61.5 Å². The predicted octanol–water partition coefficient (Wildman–Crippen LogP) is 4.98. The molecule has 3 rings (SSSR count). The van der Waals surface area contributed by atoms with Crippen molar-refractivity contribution in [2.24, 2.45) is 0 Å². The van der Waals surface area contributed by atoms with E-state index in [1.165, 1.54) is 50.2 Å². The van der Waals surface area contributed by atoms with Gasteiger partial charge in [0.05, 0.1) is 24.4 Å². The van der Waals surface area contributed by atoms with E-state index < -0.39 is 10.2 Å². The average Bonchev–Trinajstić information content (AvgIpc) is 2.84. The SMILES string of the molecule is COc1ccc(C(=O)Nc2ccc(SC(C)C(=O)Nc3ccc([N+](=O)[O-])cc3)cc2)cc1OC. The average molecular weight is 482 g/mol. The Morgan fingerprint density at radius 1 is 0.882 bits per heavy atom. The number of rotatable bonds is 9. The lowest BCUT2D eigenvalue weighted by Gasteiger charge is -2.13. The quantitative estimate of drug-likeness (QED) is 0.251. The Morgan fingerprint density at radius 2 is 1.47 bits per heavy atom. The molecule has 9 nitrogen and oxygen atoms in total. The molecule has 3 aromatic carbocycles. The minimum Gasteiger partial charge on any atom is -0.493 e. The number of nitrogens with zero attached hydrogens (tertiary/aromatic N) is 1. The first-order valence-corrected chi connectivity index (χ1v) is 11.0. The molecule has 2 N–H and O–H groups in total. The molecule has 0 saturated heterocycles. The Morgan fingerprint density at radius 3 is 2.06 bits per heavy atom. The Bertz CT molecular complexity index is 1180. The number of thioether (sulfide) groups is 1. The molecule has 0 aromatic heterocycles. The van der Waals surface area contributed by atoms with Gasteiger partial charge in [0.2, 0.25) is 5.91 Å². The molecule has 34 heavy (non-hydrogen) atoms. The number of nitrogens with one attached hydrogen (secondary N) is 2. The first-order valence-electron chi connectivity index (χ1n) is 10.2. The van der Waals surface area contributed by atoms with Crippen molar-refractivity contribution in [3.05, 3.63) is 82.4 Å². The number of nitro benzene ring substituents is 1. The summed E-state index contributed by atoms with van der Waals surface area (Å²) < 4.78 is 10.4. The van der Waals surface area contributed by atoms with E-state index in [2.05, 4.69) is 10.6 Å². The van der Waals surface area contributed by atoms with Crippen LogP contribution in [0.2, 0.25) is 0 Å². The molecular weight excluding hydrogens is 458 g/mol. The van der Waals surface area contributed by atoms with Crippen molar-refractivity contribution in [1.29, 1.82) is 0 Å². The maximum Gasteiger partial charge on any atom is 0.269 e. The van der Waals surface area contributed by atoms with Crippen molar-refractivity contribution in [2.75, 3.05) is 24.9 Å². The second kappa shape index (κ2) is 11.2. The highest BCUT2D eigenvalue weighted by atomic mass is 32.2. The first-order chi connectivity index (χ1) is 16.3. The summed E-state index contributed by atoms with van der Waals surface area (Å²) in [5.74, 6) is 0.469. The number of hydrogen-bond acceptors (Lipinski definition) is 7. The molecule has 0 bridgehead atoms. The maximum atomic E-state index is 12.6. The zero-order valence-corrected chi connectivity index (χ0v) is 19.5. The molecule has 2 amide bonds. The molecule has 3 aromatic rings. The molecule has 0 spiro atoms. The number of benzene rings is 3. The van der Waals surface area contributed by atoms with Crippen molar-refractivity contribution in [2.45, 2.75) is 17.1 Å². The van der Waals surface area contributed by atoms with Crippen molar-refractivity contribution in [3.8, 4) is 11.5 Å². The van der Waals surface area contributed by atoms with Crippen LogP contribution < -0.4 is 20.1 Å². The summed E-state index contributed by atoms with van der Waals surface area (Å²) in [6, 6.07) is 17.7. The summed E-state index contributed by atoms with van der Waals surface area (Å²) in [4.78, 5) is 36.1. The second-order valence-corrected chi connectivity index (χ2v) is 8.52. The maximum absolute atomic E-state index is 12.6. The van der Waals surface area contributed by atoms with E-state index >= 15 is 0 Å². The lowest BCUT2D eigenvalue weighted by Crippen LogP contribution is -2.22. The molecule has 1 unspecified atom stereocenters. The number of non-ortho nitro benzene ring substituents is 1. The Labute approximate surface area is 200 Å². The number of ether oxygens (including phenoxy) is 2. The number of methoxy groups -OCH3 is 2. The van der Waals surface area contributed by atoms with Gasteiger partial charge in [-0.3, -0.25) is 19.7 Å². The number of carbonyl (C=O) groups excluding carboxylic acids is 2. The van der Waals surface area contributed by atoms with E-state index in [9.17, 15) is 19.7 Å². The van der Waals surface area contributed by atoms with Crippen LogP contribution in [0.15, 0.2) is 71.6 Å². The zero-order valence-electron chi connectivity index (χ0n) is 18.7. The van der Waals surface area contributed by atoms with E-state index in [0.717, 1.165) is 4.90 Å². The normalized spacial score (nSPS) is 11.3. The van der Waals surface area contributed by atoms with Crippen molar-refractivity contribution in [1.82, 2.24) is 0 Å². The first kappa shape index (κ1) is 24.6. The molecule has 0 aliphatic carbocycles. The molecule has 0 aliphatic heterocycles. The zero-order chi connectivity index (χ0) is 24.7. The van der Waals surface area contributed by atoms with Gasteiger partial charge in [-0.1, -0.05) is 0 Å². The van der Waals surface area contributed by atoms with Crippen molar-refractivity contribution < 1.29 is 24.0 Å². The highest BCUT2D eigenvalue weighted by Crippen LogP contribution is 2.29. The molecular formula is C24H23N3O6S. The summed E-state index contributed by atoms with van der Waals surface area (Å²) in [6.45, 7) is 1.76. The van der Waals surface area contributed by atoms with E-state index in [0.29, 0.717) is 28.4 Å². The third kappa shape index (κ3) is 6.26. The van der Waals surface area contributed by atoms with Gasteiger partial charge in [-0.15, -0.1) is 11.8 Å². The Hall–Kier alpha value is -4.05. The van der Waals surface area contributed by atoms with Crippen molar-refractivity contribution >= 4 is 40.6 Å². The van der Waals surface area contributed by atoms with Gasteiger partial charge < -0.3 is 20.1 Å². The van der Waals surface area contributed by atoms with Gasteiger partial charge >= 0.3 is 0 Å². The fourth-order valence-corrected chi connectivity index (χ4v) is 3.83. The highest BCUT2D eigenvalue weighted by molar-refractivity contribution is 8.00. The van der Waals surface area contributed by atoms with Gasteiger partial charge in [0.15, 0.2) is 11.5 Å². The number of anilines is 2. The van der Waals surface area contributed by atoms with Crippen molar-refractivity contribution in [3.63, 3.8) is 0 Å². The minimum absolute atomic E-state index is 0.0428. The molecule has 10 heteroatoms. The van der Waals surface area contributed by atoms with E-state index in [1.54, 1.807) is 37.3 Å². The summed E-state index contributed by atoms with van der Waals surface area (Å²) in [5.41, 5.74) is 1.47. The lowest BCUT2D eigenvalue weighted by atomic mass is 10.2. The molecule has 0 fully saturated rings. The highest BCUT2D eigenvalue weighted by Gasteiger charge is 2.16. The van der Waals surface area contributed by atoms with E-state index in [-0.39, 0.29) is 17.5 Å². The Kier molecular flexibility index (Phi) is 8.10. The number of nitro groups is 1. The molecule has 0 heterocycles. The fraction of sp³-hybridized carbons (Fsp3) is 0.167. The molecule has 176 valence electrons. The van der Waals surface area contributed by atoms with Gasteiger partial charge in [-0.2, -0.15) is 0 Å². The number of carbonyl (C=O) groups is 2. The topological polar surface area (TPSA) is 120 Å². The van der Waals surface area contributed by atoms with Crippen LogP contribution in [-0.2, 0) is 4.79 Å². The third-order valence-electron chi connectivity index (χ3n) is 4.79. The molecule has 0 aliphatic rings. The van der Waals surface area contributed by atoms with E-state index in [4.69, 9.17) is 9.47 Å². The lowest BCUT2D eigenvalue weighted by molar-refractivity contribution is -0.384. The van der Waals surface area contributed by atoms with Gasteiger partial charge in [-0.25, -0.2) is 0 Å². The summed E-state index contributed by atoms with van der Waals surface area (Å²) in [7, 11) is 3.03. The fourth-order valence-electron chi connectivity index (χ4n) is 2.97. The molecule has 0 saturated carbocycles. The predicted molar refractivity (Wildman–Crippen MR) is 131 cm³/mol. The summed E-state index contributed by atoms with van der Waals surface area (Å²) in [6.07, 6.45) is 0. The smallest absolute Gasteiger partial charge is 0.269 e. The van der Waals surface area contributed by atoms with Crippen LogP contribution in [0.3, 0.4) is 0 Å². The van der Waals surface area contributed by atoms with Gasteiger partial charge in [0, 0.05) is 34.0 Å². The number of amides is 2. The number of hydrogen-bond donors (Lipinski definition) is 2. The van der Waals surface area contributed by atoms with Crippen LogP contribution in [0, 0.1) is 10.1 Å². The van der Waals surface area contributed by atoms with Crippen LogP contribution in [-0.4, -0.2) is 36.2 Å². The third-order valence-corrected chi connectivity index (χ3v) is 5.90.